The fraction of sp³-hybridized carbons (Fsp3) is 0.429. The number of rotatable bonds is 7. The molecule has 0 aliphatic carbocycles. The van der Waals surface area contributed by atoms with Crippen LogP contribution in [0.2, 0.25) is 0 Å². The quantitative estimate of drug-likeness (QED) is 0.809. The van der Waals surface area contributed by atoms with Gasteiger partial charge in [0.05, 0.1) is 6.10 Å². The Bertz CT molecular complexity index is 749. The van der Waals surface area contributed by atoms with Gasteiger partial charge in [0.15, 0.2) is 0 Å². The number of aromatic nitrogens is 2. The van der Waals surface area contributed by atoms with Gasteiger partial charge in [-0.05, 0) is 26.1 Å². The van der Waals surface area contributed by atoms with E-state index in [9.17, 15) is 5.11 Å². The Balaban J connectivity index is 1.68. The van der Waals surface area contributed by atoms with Gasteiger partial charge in [0, 0.05) is 38.8 Å². The van der Waals surface area contributed by atoms with Crippen molar-refractivity contribution in [2.75, 3.05) is 50.6 Å². The Morgan fingerprint density at radius 1 is 1.19 bits per heavy atom. The van der Waals surface area contributed by atoms with Gasteiger partial charge in [-0.25, -0.2) is 9.97 Å². The first kappa shape index (κ1) is 19.3. The summed E-state index contributed by atoms with van der Waals surface area (Å²) in [5.41, 5.74) is 1.19. The largest absolute Gasteiger partial charge is 0.391 e. The second kappa shape index (κ2) is 8.97. The van der Waals surface area contributed by atoms with Crippen LogP contribution < -0.4 is 9.80 Å². The fourth-order valence-electron chi connectivity index (χ4n) is 3.47. The molecule has 2 aromatic rings. The molecule has 0 bridgehead atoms. The molecule has 1 aromatic heterocycles. The molecule has 2 heterocycles. The van der Waals surface area contributed by atoms with Crippen LogP contribution in [0.1, 0.15) is 12.0 Å². The Labute approximate surface area is 161 Å². The van der Waals surface area contributed by atoms with Gasteiger partial charge in [-0.2, -0.15) is 0 Å². The minimum atomic E-state index is -0.306. The standard InChI is InChI=1S/C21H29N5O/c1-24(2)14-18-12-19(27)15-26(18)21-13-20(22-16-23-21)25(3)11-7-10-17-8-5-4-6-9-17/h4-10,13,16,18-19,27H,11-12,14-15H2,1-3H3/b10-7+/t18-,19-/m1/s1. The number of nitrogens with zero attached hydrogens (tertiary/aromatic N) is 5. The minimum Gasteiger partial charge on any atom is -0.391 e. The zero-order valence-electron chi connectivity index (χ0n) is 16.4. The van der Waals surface area contributed by atoms with E-state index < -0.39 is 0 Å². The smallest absolute Gasteiger partial charge is 0.134 e. The Kier molecular flexibility index (Phi) is 6.42. The molecule has 0 unspecified atom stereocenters. The number of β-amino-alcohol motifs (C(OH)–C–C–N with tert-alkyl or cyclic N) is 1. The second-order valence-corrected chi connectivity index (χ2v) is 7.39. The molecule has 0 amide bonds. The molecule has 0 spiro atoms. The molecule has 1 aromatic carbocycles. The average Bonchev–Trinajstić information content (AvgIpc) is 3.02. The highest BCUT2D eigenvalue weighted by Gasteiger charge is 2.32. The van der Waals surface area contributed by atoms with Crippen molar-refractivity contribution in [3.05, 3.63) is 54.4 Å². The van der Waals surface area contributed by atoms with Crippen LogP contribution in [0.4, 0.5) is 11.6 Å². The maximum absolute atomic E-state index is 10.1. The Morgan fingerprint density at radius 2 is 1.96 bits per heavy atom. The Morgan fingerprint density at radius 3 is 2.70 bits per heavy atom. The Hall–Kier alpha value is -2.44. The third-order valence-corrected chi connectivity index (χ3v) is 4.78. The lowest BCUT2D eigenvalue weighted by atomic mass is 10.2. The van der Waals surface area contributed by atoms with Gasteiger partial charge < -0.3 is 19.8 Å². The van der Waals surface area contributed by atoms with E-state index in [1.54, 1.807) is 6.33 Å². The van der Waals surface area contributed by atoms with Crippen LogP contribution in [0.3, 0.4) is 0 Å². The van der Waals surface area contributed by atoms with Crippen molar-refractivity contribution in [2.45, 2.75) is 18.6 Å². The van der Waals surface area contributed by atoms with E-state index in [1.807, 2.05) is 31.3 Å². The van der Waals surface area contributed by atoms with Crippen molar-refractivity contribution in [3.8, 4) is 0 Å². The van der Waals surface area contributed by atoms with Crippen molar-refractivity contribution >= 4 is 17.7 Å². The summed E-state index contributed by atoms with van der Waals surface area (Å²) in [6.07, 6.45) is 6.32. The van der Waals surface area contributed by atoms with E-state index in [-0.39, 0.29) is 12.1 Å². The molecule has 1 saturated heterocycles. The molecule has 1 aliphatic heterocycles. The van der Waals surface area contributed by atoms with Crippen LogP contribution in [0.5, 0.6) is 0 Å². The number of aliphatic hydroxyl groups is 1. The van der Waals surface area contributed by atoms with Crippen molar-refractivity contribution in [1.82, 2.24) is 14.9 Å². The van der Waals surface area contributed by atoms with Crippen LogP contribution >= 0.6 is 0 Å². The number of likely N-dealkylation sites (N-methyl/N-ethyl adjacent to an activating group) is 2. The summed E-state index contributed by atoms with van der Waals surface area (Å²) in [5.74, 6) is 1.75. The van der Waals surface area contributed by atoms with Crippen LogP contribution in [-0.2, 0) is 0 Å². The maximum Gasteiger partial charge on any atom is 0.134 e. The van der Waals surface area contributed by atoms with Crippen molar-refractivity contribution in [2.24, 2.45) is 0 Å². The lowest BCUT2D eigenvalue weighted by Gasteiger charge is -2.28. The van der Waals surface area contributed by atoms with E-state index in [0.29, 0.717) is 6.54 Å². The van der Waals surface area contributed by atoms with E-state index in [4.69, 9.17) is 0 Å². The first-order chi connectivity index (χ1) is 13.0. The van der Waals surface area contributed by atoms with E-state index in [1.165, 1.54) is 5.56 Å². The number of anilines is 2. The molecule has 1 N–H and O–H groups in total. The molecule has 6 nitrogen and oxygen atoms in total. The first-order valence-electron chi connectivity index (χ1n) is 9.37. The topological polar surface area (TPSA) is 55.7 Å². The molecule has 3 rings (SSSR count). The monoisotopic (exact) mass is 367 g/mol. The summed E-state index contributed by atoms with van der Waals surface area (Å²) >= 11 is 0. The summed E-state index contributed by atoms with van der Waals surface area (Å²) in [6.45, 7) is 2.27. The average molecular weight is 367 g/mol. The van der Waals surface area contributed by atoms with E-state index >= 15 is 0 Å². The summed E-state index contributed by atoms with van der Waals surface area (Å²) in [5, 5.41) is 10.1. The van der Waals surface area contributed by atoms with Crippen LogP contribution in [0, 0.1) is 0 Å². The third-order valence-electron chi connectivity index (χ3n) is 4.78. The molecule has 0 saturated carbocycles. The highest BCUT2D eigenvalue weighted by Crippen LogP contribution is 2.26. The van der Waals surface area contributed by atoms with E-state index in [0.717, 1.165) is 31.1 Å². The van der Waals surface area contributed by atoms with Gasteiger partial charge in [-0.1, -0.05) is 42.5 Å². The second-order valence-electron chi connectivity index (χ2n) is 7.39. The highest BCUT2D eigenvalue weighted by atomic mass is 16.3. The highest BCUT2D eigenvalue weighted by molar-refractivity contribution is 5.53. The molecular weight excluding hydrogens is 338 g/mol. The van der Waals surface area contributed by atoms with Crippen LogP contribution in [0.15, 0.2) is 48.8 Å². The number of benzene rings is 1. The van der Waals surface area contributed by atoms with Crippen molar-refractivity contribution in [1.29, 1.82) is 0 Å². The maximum atomic E-state index is 10.1. The summed E-state index contributed by atoms with van der Waals surface area (Å²) < 4.78 is 0. The predicted octanol–water partition coefficient (Wildman–Crippen LogP) is 2.13. The molecule has 1 aliphatic rings. The van der Waals surface area contributed by atoms with Gasteiger partial charge in [0.25, 0.3) is 0 Å². The zero-order chi connectivity index (χ0) is 19.2. The SMILES string of the molecule is CN(C)C[C@H]1C[C@@H](O)CN1c1cc(N(C)C/C=C/c2ccccc2)ncn1. The van der Waals surface area contributed by atoms with Crippen molar-refractivity contribution in [3.63, 3.8) is 0 Å². The molecule has 144 valence electrons. The minimum absolute atomic E-state index is 0.265. The molecule has 27 heavy (non-hydrogen) atoms. The molecule has 1 fully saturated rings. The normalized spacial score (nSPS) is 20.0. The predicted molar refractivity (Wildman–Crippen MR) is 111 cm³/mol. The molecule has 6 heteroatoms. The van der Waals surface area contributed by atoms with Crippen LogP contribution in [0.25, 0.3) is 6.08 Å². The van der Waals surface area contributed by atoms with Gasteiger partial charge in [-0.15, -0.1) is 0 Å². The van der Waals surface area contributed by atoms with Gasteiger partial charge >= 0.3 is 0 Å². The lowest BCUT2D eigenvalue weighted by molar-refractivity contribution is 0.191. The number of aliphatic hydroxyl groups excluding tert-OH is 1. The lowest BCUT2D eigenvalue weighted by Crippen LogP contribution is -2.38. The van der Waals surface area contributed by atoms with E-state index in [2.05, 4.69) is 63.0 Å². The molecule has 2 atom stereocenters. The van der Waals surface area contributed by atoms with Gasteiger partial charge in [0.1, 0.15) is 18.0 Å². The summed E-state index contributed by atoms with van der Waals surface area (Å²) in [4.78, 5) is 15.3. The molecular formula is C21H29N5O. The third kappa shape index (κ3) is 5.28. The van der Waals surface area contributed by atoms with Crippen molar-refractivity contribution < 1.29 is 5.11 Å². The summed E-state index contributed by atoms with van der Waals surface area (Å²) in [7, 11) is 6.14. The molecule has 0 radical (unpaired) electrons. The fourth-order valence-corrected chi connectivity index (χ4v) is 3.47. The zero-order valence-corrected chi connectivity index (χ0v) is 16.4. The van der Waals surface area contributed by atoms with Gasteiger partial charge in [0.2, 0.25) is 0 Å². The van der Waals surface area contributed by atoms with Crippen LogP contribution in [-0.4, -0.2) is 72.9 Å². The number of hydrogen-bond donors (Lipinski definition) is 1. The number of hydrogen-bond acceptors (Lipinski definition) is 6. The first-order valence-corrected chi connectivity index (χ1v) is 9.37. The summed E-state index contributed by atoms with van der Waals surface area (Å²) in [6, 6.07) is 12.5. The van der Waals surface area contributed by atoms with Gasteiger partial charge in [-0.3, -0.25) is 0 Å².